The molecule has 3 nitrogen and oxygen atoms in total. The van der Waals surface area contributed by atoms with Gasteiger partial charge in [-0.2, -0.15) is 0 Å². The van der Waals surface area contributed by atoms with Crippen molar-refractivity contribution in [1.82, 2.24) is 9.88 Å². The minimum Gasteiger partial charge on any atom is -0.326 e. The second kappa shape index (κ2) is 7.01. The maximum Gasteiger partial charge on any atom is 0.0420 e. The fourth-order valence-corrected chi connectivity index (χ4v) is 3.67. The molecule has 4 heteroatoms. The van der Waals surface area contributed by atoms with Crippen molar-refractivity contribution < 1.29 is 0 Å². The van der Waals surface area contributed by atoms with E-state index < -0.39 is 0 Å². The van der Waals surface area contributed by atoms with Crippen LogP contribution in [0.2, 0.25) is 0 Å². The molecule has 1 aromatic rings. The summed E-state index contributed by atoms with van der Waals surface area (Å²) >= 11 is 3.43. The molecule has 0 radical (unpaired) electrons. The van der Waals surface area contributed by atoms with Gasteiger partial charge in [-0.1, -0.05) is 25.7 Å². The molecule has 1 fully saturated rings. The molecule has 1 unspecified atom stereocenters. The van der Waals surface area contributed by atoms with Crippen LogP contribution >= 0.6 is 15.9 Å². The summed E-state index contributed by atoms with van der Waals surface area (Å²) in [6.45, 7) is 0. The number of nitrogens with zero attached hydrogens (tertiary/aromatic N) is 2. The maximum absolute atomic E-state index is 6.63. The number of rotatable bonds is 4. The van der Waals surface area contributed by atoms with Crippen LogP contribution in [0.15, 0.2) is 22.8 Å². The van der Waals surface area contributed by atoms with Crippen molar-refractivity contribution in [2.24, 2.45) is 5.73 Å². The van der Waals surface area contributed by atoms with Crippen molar-refractivity contribution in [2.45, 2.75) is 56.5 Å². The SMILES string of the molecule is CN(C)C1(C(N)Cc2ccc(Br)cn2)CCCCCC1. The van der Waals surface area contributed by atoms with E-state index in [1.54, 1.807) is 0 Å². The first-order valence-corrected chi connectivity index (χ1v) is 8.37. The fraction of sp³-hybridized carbons (Fsp3) is 0.688. The predicted octanol–water partition coefficient (Wildman–Crippen LogP) is 3.37. The Balaban J connectivity index is 2.13. The number of likely N-dealkylation sites (N-methyl/N-ethyl adjacent to an activating group) is 1. The zero-order valence-corrected chi connectivity index (χ0v) is 14.2. The first-order valence-electron chi connectivity index (χ1n) is 7.58. The first kappa shape index (κ1) is 15.9. The molecular formula is C16H26BrN3. The van der Waals surface area contributed by atoms with Crippen molar-refractivity contribution in [3.63, 3.8) is 0 Å². The second-order valence-electron chi connectivity index (χ2n) is 6.19. The molecular weight excluding hydrogens is 314 g/mol. The van der Waals surface area contributed by atoms with Gasteiger partial charge in [0.2, 0.25) is 0 Å². The lowest BCUT2D eigenvalue weighted by Gasteiger charge is -2.44. The van der Waals surface area contributed by atoms with Gasteiger partial charge in [-0.25, -0.2) is 0 Å². The summed E-state index contributed by atoms with van der Waals surface area (Å²) < 4.78 is 1.02. The largest absolute Gasteiger partial charge is 0.326 e. The summed E-state index contributed by atoms with van der Waals surface area (Å²) in [6, 6.07) is 4.26. The van der Waals surface area contributed by atoms with Crippen LogP contribution in [0.5, 0.6) is 0 Å². The summed E-state index contributed by atoms with van der Waals surface area (Å²) in [5, 5.41) is 0. The third-order valence-electron chi connectivity index (χ3n) is 4.77. The topological polar surface area (TPSA) is 42.1 Å². The van der Waals surface area contributed by atoms with Crippen molar-refractivity contribution in [3.8, 4) is 0 Å². The lowest BCUT2D eigenvalue weighted by molar-refractivity contribution is 0.0964. The quantitative estimate of drug-likeness (QED) is 0.855. The molecule has 20 heavy (non-hydrogen) atoms. The van der Waals surface area contributed by atoms with Crippen molar-refractivity contribution in [1.29, 1.82) is 0 Å². The van der Waals surface area contributed by atoms with Gasteiger partial charge in [-0.05, 0) is 55.0 Å². The highest BCUT2D eigenvalue weighted by Crippen LogP contribution is 2.34. The van der Waals surface area contributed by atoms with Gasteiger partial charge >= 0.3 is 0 Å². The summed E-state index contributed by atoms with van der Waals surface area (Å²) in [6.07, 6.45) is 10.4. The Labute approximate surface area is 131 Å². The summed E-state index contributed by atoms with van der Waals surface area (Å²) in [7, 11) is 4.36. The normalized spacial score (nSPS) is 20.6. The van der Waals surface area contributed by atoms with Gasteiger partial charge in [0, 0.05) is 34.4 Å². The van der Waals surface area contributed by atoms with E-state index in [-0.39, 0.29) is 11.6 Å². The number of halogens is 1. The molecule has 2 rings (SSSR count). The van der Waals surface area contributed by atoms with E-state index in [4.69, 9.17) is 5.73 Å². The zero-order chi connectivity index (χ0) is 14.6. The Morgan fingerprint density at radius 1 is 1.25 bits per heavy atom. The van der Waals surface area contributed by atoms with Crippen molar-refractivity contribution in [3.05, 3.63) is 28.5 Å². The Hall–Kier alpha value is -0.450. The molecule has 1 heterocycles. The second-order valence-corrected chi connectivity index (χ2v) is 7.11. The van der Waals surface area contributed by atoms with Crippen LogP contribution < -0.4 is 5.73 Å². The third kappa shape index (κ3) is 3.60. The van der Waals surface area contributed by atoms with E-state index >= 15 is 0 Å². The zero-order valence-electron chi connectivity index (χ0n) is 12.6. The molecule has 0 amide bonds. The van der Waals surface area contributed by atoms with Crippen LogP contribution in [-0.4, -0.2) is 35.6 Å². The highest BCUT2D eigenvalue weighted by atomic mass is 79.9. The molecule has 0 saturated heterocycles. The minimum atomic E-state index is 0.130. The Morgan fingerprint density at radius 2 is 1.90 bits per heavy atom. The smallest absolute Gasteiger partial charge is 0.0420 e. The van der Waals surface area contributed by atoms with E-state index in [9.17, 15) is 0 Å². The number of hydrogen-bond donors (Lipinski definition) is 1. The highest BCUT2D eigenvalue weighted by Gasteiger charge is 2.39. The van der Waals surface area contributed by atoms with E-state index in [0.29, 0.717) is 0 Å². The van der Waals surface area contributed by atoms with Crippen LogP contribution in [0, 0.1) is 0 Å². The lowest BCUT2D eigenvalue weighted by Crippen LogP contribution is -2.58. The molecule has 1 atom stereocenters. The molecule has 1 saturated carbocycles. The Bertz CT molecular complexity index is 408. The Morgan fingerprint density at radius 3 is 2.40 bits per heavy atom. The van der Waals surface area contributed by atoms with Crippen LogP contribution in [0.3, 0.4) is 0 Å². The van der Waals surface area contributed by atoms with Crippen LogP contribution in [-0.2, 0) is 6.42 Å². The predicted molar refractivity (Wildman–Crippen MR) is 87.7 cm³/mol. The average Bonchev–Trinajstić information content (AvgIpc) is 2.68. The van der Waals surface area contributed by atoms with Gasteiger partial charge in [-0.15, -0.1) is 0 Å². The van der Waals surface area contributed by atoms with Crippen molar-refractivity contribution >= 4 is 15.9 Å². The van der Waals surface area contributed by atoms with E-state index in [1.165, 1.54) is 38.5 Å². The van der Waals surface area contributed by atoms with Gasteiger partial charge in [-0.3, -0.25) is 4.98 Å². The molecule has 112 valence electrons. The molecule has 1 aromatic heterocycles. The van der Waals surface area contributed by atoms with E-state index in [1.807, 2.05) is 12.3 Å². The van der Waals surface area contributed by atoms with Crippen LogP contribution in [0.4, 0.5) is 0 Å². The average molecular weight is 340 g/mol. The van der Waals surface area contributed by atoms with Crippen molar-refractivity contribution in [2.75, 3.05) is 14.1 Å². The van der Waals surface area contributed by atoms with Gasteiger partial charge in [0.05, 0.1) is 0 Å². The molecule has 0 bridgehead atoms. The third-order valence-corrected chi connectivity index (χ3v) is 5.24. The molecule has 1 aliphatic rings. The number of hydrogen-bond acceptors (Lipinski definition) is 3. The minimum absolute atomic E-state index is 0.130. The fourth-order valence-electron chi connectivity index (χ4n) is 3.43. The molecule has 0 aliphatic heterocycles. The maximum atomic E-state index is 6.63. The van der Waals surface area contributed by atoms with Gasteiger partial charge in [0.1, 0.15) is 0 Å². The number of aromatic nitrogens is 1. The van der Waals surface area contributed by atoms with Crippen LogP contribution in [0.25, 0.3) is 0 Å². The molecule has 0 aromatic carbocycles. The Kier molecular flexibility index (Phi) is 5.58. The summed E-state index contributed by atoms with van der Waals surface area (Å²) in [5.74, 6) is 0. The molecule has 2 N–H and O–H groups in total. The van der Waals surface area contributed by atoms with E-state index in [2.05, 4.69) is 46.0 Å². The van der Waals surface area contributed by atoms with Gasteiger partial charge < -0.3 is 10.6 Å². The number of pyridine rings is 1. The summed E-state index contributed by atoms with van der Waals surface area (Å²) in [5.41, 5.74) is 7.85. The monoisotopic (exact) mass is 339 g/mol. The van der Waals surface area contributed by atoms with E-state index in [0.717, 1.165) is 16.6 Å². The van der Waals surface area contributed by atoms with Gasteiger partial charge in [0.25, 0.3) is 0 Å². The highest BCUT2D eigenvalue weighted by molar-refractivity contribution is 9.10. The summed E-state index contributed by atoms with van der Waals surface area (Å²) in [4.78, 5) is 6.84. The molecule has 1 aliphatic carbocycles. The lowest BCUT2D eigenvalue weighted by atomic mass is 9.80. The number of nitrogens with two attached hydrogens (primary N) is 1. The first-order chi connectivity index (χ1) is 9.54. The van der Waals surface area contributed by atoms with Crippen LogP contribution in [0.1, 0.15) is 44.2 Å². The standard InChI is InChI=1S/C16H26BrN3/c1-20(2)16(9-5-3-4-6-10-16)15(18)11-14-8-7-13(17)12-19-14/h7-8,12,15H,3-6,9-11,18H2,1-2H3. The van der Waals surface area contributed by atoms with Gasteiger partial charge in [0.15, 0.2) is 0 Å². The molecule has 0 spiro atoms.